The maximum atomic E-state index is 10.3. The van der Waals surface area contributed by atoms with E-state index in [1.807, 2.05) is 6.07 Å². The number of hydrogen-bond acceptors (Lipinski definition) is 2. The van der Waals surface area contributed by atoms with Crippen molar-refractivity contribution in [3.8, 4) is 0 Å². The van der Waals surface area contributed by atoms with Crippen molar-refractivity contribution in [3.05, 3.63) is 30.3 Å². The van der Waals surface area contributed by atoms with Gasteiger partial charge in [0.05, 0.1) is 0 Å². The number of benzene rings is 1. The molecule has 3 nitrogen and oxygen atoms in total. The molecule has 0 aliphatic heterocycles. The molecule has 0 spiro atoms. The second-order valence-electron chi connectivity index (χ2n) is 1.92. The molecular formula is C8H12O3P+. The van der Waals surface area contributed by atoms with E-state index >= 15 is 0 Å². The van der Waals surface area contributed by atoms with Gasteiger partial charge in [-0.05, 0) is 23.6 Å². The summed E-state index contributed by atoms with van der Waals surface area (Å²) in [4.78, 5) is 8.53. The van der Waals surface area contributed by atoms with Gasteiger partial charge in [0.15, 0.2) is 0 Å². The Labute approximate surface area is 72.5 Å². The quantitative estimate of drug-likeness (QED) is 0.646. The van der Waals surface area contributed by atoms with Gasteiger partial charge in [-0.25, -0.2) is 0 Å². The zero-order valence-corrected chi connectivity index (χ0v) is 7.74. The molecule has 0 heterocycles. The van der Waals surface area contributed by atoms with Crippen molar-refractivity contribution in [2.75, 3.05) is 6.61 Å². The second-order valence-corrected chi connectivity index (χ2v) is 2.99. The predicted molar refractivity (Wildman–Crippen MR) is 48.7 cm³/mol. The normalized spacial score (nSPS) is 9.75. The fourth-order valence-corrected chi connectivity index (χ4v) is 0.983. The molecule has 12 heavy (non-hydrogen) atoms. The zero-order chi connectivity index (χ0) is 9.40. The SMILES string of the molecule is CCO.O=[P+](O)c1ccccc1. The van der Waals surface area contributed by atoms with E-state index in [9.17, 15) is 4.57 Å². The second kappa shape index (κ2) is 6.92. The fourth-order valence-electron chi connectivity index (χ4n) is 0.556. The highest BCUT2D eigenvalue weighted by atomic mass is 31.1. The highest BCUT2D eigenvalue weighted by molar-refractivity contribution is 7.47. The van der Waals surface area contributed by atoms with E-state index in [0.717, 1.165) is 0 Å². The van der Waals surface area contributed by atoms with E-state index in [1.165, 1.54) is 0 Å². The Morgan fingerprint density at radius 1 is 1.33 bits per heavy atom. The zero-order valence-electron chi connectivity index (χ0n) is 6.84. The van der Waals surface area contributed by atoms with Gasteiger partial charge in [0.25, 0.3) is 0 Å². The minimum Gasteiger partial charge on any atom is -0.397 e. The first kappa shape index (κ1) is 11.2. The summed E-state index contributed by atoms with van der Waals surface area (Å²) in [6.45, 7) is 1.93. The summed E-state index contributed by atoms with van der Waals surface area (Å²) in [6.07, 6.45) is 0. The monoisotopic (exact) mass is 187 g/mol. The fraction of sp³-hybridized carbons (Fsp3) is 0.250. The number of aliphatic hydroxyl groups excluding tert-OH is 1. The Kier molecular flexibility index (Phi) is 6.48. The van der Waals surface area contributed by atoms with Crippen LogP contribution in [0.15, 0.2) is 30.3 Å². The molecule has 4 heteroatoms. The van der Waals surface area contributed by atoms with Crippen LogP contribution in [0.25, 0.3) is 0 Å². The Bertz CT molecular complexity index is 223. The van der Waals surface area contributed by atoms with Gasteiger partial charge >= 0.3 is 8.03 Å². The van der Waals surface area contributed by atoms with Crippen LogP contribution in [0.4, 0.5) is 0 Å². The third-order valence-electron chi connectivity index (χ3n) is 0.977. The molecule has 0 radical (unpaired) electrons. The number of aliphatic hydroxyl groups is 1. The summed E-state index contributed by atoms with van der Waals surface area (Å²) in [6, 6.07) is 8.53. The van der Waals surface area contributed by atoms with Crippen LogP contribution in [-0.2, 0) is 4.57 Å². The third-order valence-corrected chi connectivity index (χ3v) is 1.72. The van der Waals surface area contributed by atoms with Crippen molar-refractivity contribution in [3.63, 3.8) is 0 Å². The molecular weight excluding hydrogens is 175 g/mol. The first-order valence-electron chi connectivity index (χ1n) is 3.54. The van der Waals surface area contributed by atoms with Gasteiger partial charge in [-0.3, -0.25) is 0 Å². The summed E-state index contributed by atoms with van der Waals surface area (Å²) < 4.78 is 10.3. The first-order chi connectivity index (χ1) is 5.72. The summed E-state index contributed by atoms with van der Waals surface area (Å²) >= 11 is 0. The maximum Gasteiger partial charge on any atom is 0.546 e. The lowest BCUT2D eigenvalue weighted by Crippen LogP contribution is -1.91. The molecule has 0 saturated carbocycles. The molecule has 0 aromatic heterocycles. The van der Waals surface area contributed by atoms with Crippen LogP contribution >= 0.6 is 8.03 Å². The molecule has 66 valence electrons. The van der Waals surface area contributed by atoms with E-state index in [2.05, 4.69) is 0 Å². The lowest BCUT2D eigenvalue weighted by Gasteiger charge is -1.77. The molecule has 1 aromatic rings. The largest absolute Gasteiger partial charge is 0.546 e. The molecule has 1 aromatic carbocycles. The van der Waals surface area contributed by atoms with Crippen LogP contribution < -0.4 is 5.30 Å². The Morgan fingerprint density at radius 2 is 1.75 bits per heavy atom. The van der Waals surface area contributed by atoms with Crippen LogP contribution in [-0.4, -0.2) is 16.6 Å². The van der Waals surface area contributed by atoms with Gasteiger partial charge in [-0.1, -0.05) is 18.2 Å². The van der Waals surface area contributed by atoms with Gasteiger partial charge in [0, 0.05) is 6.61 Å². The minimum atomic E-state index is -2.15. The molecule has 1 unspecified atom stereocenters. The van der Waals surface area contributed by atoms with E-state index in [0.29, 0.717) is 5.30 Å². The van der Waals surface area contributed by atoms with Gasteiger partial charge in [-0.2, -0.15) is 4.89 Å². The molecule has 0 aliphatic rings. The van der Waals surface area contributed by atoms with Crippen molar-refractivity contribution in [1.29, 1.82) is 0 Å². The molecule has 0 bridgehead atoms. The van der Waals surface area contributed by atoms with Crippen molar-refractivity contribution >= 4 is 13.3 Å². The van der Waals surface area contributed by atoms with Crippen LogP contribution in [0.5, 0.6) is 0 Å². The summed E-state index contributed by atoms with van der Waals surface area (Å²) in [5.41, 5.74) is 0. The molecule has 1 rings (SSSR count). The topological polar surface area (TPSA) is 57.5 Å². The maximum absolute atomic E-state index is 10.3. The molecule has 0 aliphatic carbocycles. The Hall–Kier alpha value is -0.760. The van der Waals surface area contributed by atoms with Crippen molar-refractivity contribution in [2.45, 2.75) is 6.92 Å². The summed E-state index contributed by atoms with van der Waals surface area (Å²) in [5.74, 6) is 0. The standard InChI is InChI=1S/C6H5O2P.C2H6O/c7-9(8)6-4-2-1-3-5-6;1-2-3/h1-5H;3H,2H2,1H3/p+1. The van der Waals surface area contributed by atoms with Crippen molar-refractivity contribution in [1.82, 2.24) is 0 Å². The van der Waals surface area contributed by atoms with Crippen LogP contribution in [0.1, 0.15) is 6.92 Å². The van der Waals surface area contributed by atoms with Crippen LogP contribution in [0.3, 0.4) is 0 Å². The average molecular weight is 187 g/mol. The first-order valence-corrected chi connectivity index (χ1v) is 4.75. The highest BCUT2D eigenvalue weighted by Gasteiger charge is 2.12. The third kappa shape index (κ3) is 4.97. The number of hydrogen-bond donors (Lipinski definition) is 2. The molecule has 1 atom stereocenters. The van der Waals surface area contributed by atoms with E-state index in [4.69, 9.17) is 10.00 Å². The minimum absolute atomic E-state index is 0.250. The van der Waals surface area contributed by atoms with Gasteiger partial charge < -0.3 is 5.11 Å². The Morgan fingerprint density at radius 3 is 2.00 bits per heavy atom. The lowest BCUT2D eigenvalue weighted by atomic mass is 10.4. The molecule has 2 N–H and O–H groups in total. The Balaban J connectivity index is 0.000000354. The van der Waals surface area contributed by atoms with Gasteiger partial charge in [0.2, 0.25) is 5.30 Å². The molecule has 0 amide bonds. The van der Waals surface area contributed by atoms with Crippen molar-refractivity contribution < 1.29 is 14.6 Å². The van der Waals surface area contributed by atoms with Crippen molar-refractivity contribution in [2.24, 2.45) is 0 Å². The van der Waals surface area contributed by atoms with Crippen LogP contribution in [0.2, 0.25) is 0 Å². The molecule has 0 fully saturated rings. The average Bonchev–Trinajstić information content (AvgIpc) is 2.07. The predicted octanol–water partition coefficient (Wildman–Crippen LogP) is 1.05. The summed E-state index contributed by atoms with van der Waals surface area (Å²) in [7, 11) is -2.15. The van der Waals surface area contributed by atoms with E-state index in [-0.39, 0.29) is 6.61 Å². The summed E-state index contributed by atoms with van der Waals surface area (Å²) in [5, 5.41) is 8.05. The van der Waals surface area contributed by atoms with Crippen LogP contribution in [0, 0.1) is 0 Å². The highest BCUT2D eigenvalue weighted by Crippen LogP contribution is 2.10. The van der Waals surface area contributed by atoms with Gasteiger partial charge in [0.1, 0.15) is 0 Å². The van der Waals surface area contributed by atoms with E-state index in [1.54, 1.807) is 31.2 Å². The lowest BCUT2D eigenvalue weighted by molar-refractivity contribution is 0.318. The smallest absolute Gasteiger partial charge is 0.397 e. The molecule has 0 saturated heterocycles. The van der Waals surface area contributed by atoms with E-state index < -0.39 is 8.03 Å². The number of rotatable bonds is 1. The van der Waals surface area contributed by atoms with Gasteiger partial charge in [-0.15, -0.1) is 0 Å².